The van der Waals surface area contributed by atoms with Crippen molar-refractivity contribution in [3.8, 4) is 0 Å². The van der Waals surface area contributed by atoms with Crippen LogP contribution in [0.5, 0.6) is 0 Å². The van der Waals surface area contributed by atoms with Gasteiger partial charge in [-0.15, -0.1) is 11.3 Å². The summed E-state index contributed by atoms with van der Waals surface area (Å²) in [5.41, 5.74) is -0.880. The predicted octanol–water partition coefficient (Wildman–Crippen LogP) is 2.97. The molecule has 6 heteroatoms. The van der Waals surface area contributed by atoms with Crippen molar-refractivity contribution in [3.63, 3.8) is 0 Å². The zero-order chi connectivity index (χ0) is 13.9. The van der Waals surface area contributed by atoms with E-state index in [-0.39, 0.29) is 12.3 Å². The number of hydrogen-bond donors (Lipinski definition) is 1. The van der Waals surface area contributed by atoms with Crippen LogP contribution >= 0.6 is 27.3 Å². The molecule has 0 spiro atoms. The summed E-state index contributed by atoms with van der Waals surface area (Å²) in [6, 6.07) is 3.88. The molecule has 0 atom stereocenters. The topological polar surface area (TPSA) is 57.6 Å². The molecule has 0 unspecified atom stereocenters. The van der Waals surface area contributed by atoms with Crippen LogP contribution in [-0.4, -0.2) is 28.9 Å². The lowest BCUT2D eigenvalue weighted by Crippen LogP contribution is -2.39. The number of nitrogens with zero attached hydrogens (tertiary/aromatic N) is 1. The van der Waals surface area contributed by atoms with E-state index in [9.17, 15) is 9.59 Å². The zero-order valence-electron chi connectivity index (χ0n) is 10.6. The summed E-state index contributed by atoms with van der Waals surface area (Å²) in [4.78, 5) is 25.5. The zero-order valence-corrected chi connectivity index (χ0v) is 13.0. The SMILES string of the molecule is CN(Cc1ccc(Br)s1)C(=O)C(C)(C)CC(=O)O. The summed E-state index contributed by atoms with van der Waals surface area (Å²) in [6.07, 6.45) is -0.162. The van der Waals surface area contributed by atoms with E-state index in [4.69, 9.17) is 5.11 Å². The van der Waals surface area contributed by atoms with Gasteiger partial charge in [-0.05, 0) is 28.1 Å². The minimum atomic E-state index is -0.958. The normalized spacial score (nSPS) is 11.3. The fourth-order valence-corrected chi connectivity index (χ4v) is 3.25. The van der Waals surface area contributed by atoms with Crippen LogP contribution in [0.15, 0.2) is 15.9 Å². The van der Waals surface area contributed by atoms with E-state index in [0.717, 1.165) is 8.66 Å². The van der Waals surface area contributed by atoms with Gasteiger partial charge in [-0.3, -0.25) is 9.59 Å². The molecule has 1 amide bonds. The number of rotatable bonds is 5. The van der Waals surface area contributed by atoms with Crippen LogP contribution < -0.4 is 0 Å². The second-order valence-corrected chi connectivity index (χ2v) is 7.37. The van der Waals surface area contributed by atoms with E-state index in [1.54, 1.807) is 37.1 Å². The van der Waals surface area contributed by atoms with Gasteiger partial charge in [0.25, 0.3) is 0 Å². The molecule has 0 bridgehead atoms. The third kappa shape index (κ3) is 4.10. The van der Waals surface area contributed by atoms with Gasteiger partial charge in [-0.1, -0.05) is 13.8 Å². The first-order chi connectivity index (χ1) is 8.22. The van der Waals surface area contributed by atoms with Gasteiger partial charge < -0.3 is 10.0 Å². The Balaban J connectivity index is 2.68. The number of carbonyl (C=O) groups excluding carboxylic acids is 1. The van der Waals surface area contributed by atoms with Gasteiger partial charge in [0.2, 0.25) is 5.91 Å². The Hall–Kier alpha value is -0.880. The van der Waals surface area contributed by atoms with Gasteiger partial charge >= 0.3 is 5.97 Å². The third-order valence-electron chi connectivity index (χ3n) is 2.54. The first kappa shape index (κ1) is 15.2. The maximum absolute atomic E-state index is 12.2. The molecule has 1 aromatic heterocycles. The number of carboxylic acids is 1. The van der Waals surface area contributed by atoms with Crippen LogP contribution in [0.2, 0.25) is 0 Å². The van der Waals surface area contributed by atoms with Crippen LogP contribution in [-0.2, 0) is 16.1 Å². The highest BCUT2D eigenvalue weighted by molar-refractivity contribution is 9.11. The minimum absolute atomic E-state index is 0.158. The molecule has 0 saturated heterocycles. The Kier molecular flexibility index (Phi) is 4.92. The van der Waals surface area contributed by atoms with E-state index in [1.807, 2.05) is 12.1 Å². The molecular weight excluding hydrogens is 318 g/mol. The van der Waals surface area contributed by atoms with Gasteiger partial charge in [0.1, 0.15) is 0 Å². The smallest absolute Gasteiger partial charge is 0.304 e. The highest BCUT2D eigenvalue weighted by Gasteiger charge is 2.32. The van der Waals surface area contributed by atoms with Crippen molar-refractivity contribution in [3.05, 3.63) is 20.8 Å². The van der Waals surface area contributed by atoms with E-state index >= 15 is 0 Å². The van der Waals surface area contributed by atoms with E-state index in [0.29, 0.717) is 6.54 Å². The summed E-state index contributed by atoms with van der Waals surface area (Å²) < 4.78 is 1.02. The van der Waals surface area contributed by atoms with Crippen molar-refractivity contribution in [2.75, 3.05) is 7.05 Å². The Morgan fingerprint density at radius 3 is 2.50 bits per heavy atom. The van der Waals surface area contributed by atoms with Crippen molar-refractivity contribution in [2.45, 2.75) is 26.8 Å². The van der Waals surface area contributed by atoms with Gasteiger partial charge in [0.05, 0.1) is 22.2 Å². The van der Waals surface area contributed by atoms with E-state index in [2.05, 4.69) is 15.9 Å². The number of hydrogen-bond acceptors (Lipinski definition) is 3. The third-order valence-corrected chi connectivity index (χ3v) is 4.15. The van der Waals surface area contributed by atoms with Crippen molar-refractivity contribution in [1.82, 2.24) is 4.90 Å². The van der Waals surface area contributed by atoms with E-state index < -0.39 is 11.4 Å². The number of halogens is 1. The summed E-state index contributed by atoms with van der Waals surface area (Å²) in [7, 11) is 1.69. The Bertz CT molecular complexity index is 456. The van der Waals surface area contributed by atoms with Crippen LogP contribution in [0.4, 0.5) is 0 Å². The van der Waals surface area contributed by atoms with Crippen molar-refractivity contribution in [1.29, 1.82) is 0 Å². The second kappa shape index (κ2) is 5.84. The fraction of sp³-hybridized carbons (Fsp3) is 0.500. The first-order valence-electron chi connectivity index (χ1n) is 5.44. The summed E-state index contributed by atoms with van der Waals surface area (Å²) in [6.45, 7) is 3.81. The Labute approximate surface area is 119 Å². The predicted molar refractivity (Wildman–Crippen MR) is 74.5 cm³/mol. The largest absolute Gasteiger partial charge is 0.481 e. The highest BCUT2D eigenvalue weighted by Crippen LogP contribution is 2.26. The molecule has 0 saturated carbocycles. The van der Waals surface area contributed by atoms with Gasteiger partial charge in [-0.25, -0.2) is 0 Å². The molecule has 1 N–H and O–H groups in total. The summed E-state index contributed by atoms with van der Waals surface area (Å²) in [5, 5.41) is 8.80. The fourth-order valence-electron chi connectivity index (χ4n) is 1.71. The molecule has 0 fully saturated rings. The summed E-state index contributed by atoms with van der Waals surface area (Å²) in [5.74, 6) is -1.12. The van der Waals surface area contributed by atoms with Gasteiger partial charge in [0, 0.05) is 11.9 Å². The Morgan fingerprint density at radius 2 is 2.06 bits per heavy atom. The average molecular weight is 334 g/mol. The van der Waals surface area contributed by atoms with Crippen molar-refractivity contribution in [2.24, 2.45) is 5.41 Å². The first-order valence-corrected chi connectivity index (χ1v) is 7.05. The van der Waals surface area contributed by atoms with Crippen molar-refractivity contribution < 1.29 is 14.7 Å². The van der Waals surface area contributed by atoms with Crippen molar-refractivity contribution >= 4 is 39.1 Å². The maximum Gasteiger partial charge on any atom is 0.304 e. The molecule has 0 radical (unpaired) electrons. The standard InChI is InChI=1S/C12H16BrNO3S/c1-12(2,6-10(15)16)11(17)14(3)7-8-4-5-9(13)18-8/h4-5H,6-7H2,1-3H3,(H,15,16). The lowest BCUT2D eigenvalue weighted by atomic mass is 9.88. The molecule has 4 nitrogen and oxygen atoms in total. The van der Waals surface area contributed by atoms with Crippen LogP contribution in [0, 0.1) is 5.41 Å². The molecule has 1 aromatic rings. The summed E-state index contributed by atoms with van der Waals surface area (Å²) >= 11 is 4.93. The molecule has 0 aliphatic carbocycles. The van der Waals surface area contributed by atoms with E-state index in [1.165, 1.54) is 0 Å². The van der Waals surface area contributed by atoms with Crippen LogP contribution in [0.25, 0.3) is 0 Å². The lowest BCUT2D eigenvalue weighted by Gasteiger charge is -2.27. The average Bonchev–Trinajstić information content (AvgIpc) is 2.60. The molecule has 1 heterocycles. The number of aliphatic carboxylic acids is 1. The lowest BCUT2D eigenvalue weighted by molar-refractivity contribution is -0.148. The molecule has 100 valence electrons. The molecular formula is C12H16BrNO3S. The van der Waals surface area contributed by atoms with Gasteiger partial charge in [0.15, 0.2) is 0 Å². The molecule has 0 aliphatic rings. The van der Waals surface area contributed by atoms with Crippen LogP contribution in [0.3, 0.4) is 0 Å². The number of amides is 1. The Morgan fingerprint density at radius 1 is 1.44 bits per heavy atom. The number of thiophene rings is 1. The number of carboxylic acid groups (broad SMARTS) is 1. The second-order valence-electron chi connectivity index (χ2n) is 4.82. The molecule has 18 heavy (non-hydrogen) atoms. The monoisotopic (exact) mass is 333 g/mol. The molecule has 1 rings (SSSR count). The van der Waals surface area contributed by atoms with Crippen LogP contribution in [0.1, 0.15) is 25.1 Å². The molecule has 0 aromatic carbocycles. The van der Waals surface area contributed by atoms with Gasteiger partial charge in [-0.2, -0.15) is 0 Å². The highest BCUT2D eigenvalue weighted by atomic mass is 79.9. The quantitative estimate of drug-likeness (QED) is 0.901. The number of carbonyl (C=O) groups is 2. The maximum atomic E-state index is 12.2. The minimum Gasteiger partial charge on any atom is -0.481 e. The molecule has 0 aliphatic heterocycles.